The Morgan fingerprint density at radius 1 is 1.70 bits per heavy atom. The SMILES string of the molecule is COc1[c-]cc(Cl)c(N)c1. The molecule has 2 N–H and O–H groups in total. The zero-order valence-corrected chi connectivity index (χ0v) is 6.27. The zero-order valence-electron chi connectivity index (χ0n) is 5.52. The molecule has 0 bridgehead atoms. The van der Waals surface area contributed by atoms with Gasteiger partial charge in [0.1, 0.15) is 0 Å². The highest BCUT2D eigenvalue weighted by Gasteiger charge is 1.85. The normalized spacial score (nSPS) is 9.40. The summed E-state index contributed by atoms with van der Waals surface area (Å²) < 4.78 is 4.86. The van der Waals surface area contributed by atoms with Crippen molar-refractivity contribution >= 4 is 17.3 Å². The summed E-state index contributed by atoms with van der Waals surface area (Å²) in [5.41, 5.74) is 5.98. The van der Waals surface area contributed by atoms with Gasteiger partial charge in [0.2, 0.25) is 0 Å². The lowest BCUT2D eigenvalue weighted by molar-refractivity contribution is 0.414. The van der Waals surface area contributed by atoms with Crippen molar-refractivity contribution in [2.45, 2.75) is 0 Å². The Labute approximate surface area is 64.6 Å². The van der Waals surface area contributed by atoms with Gasteiger partial charge in [-0.25, -0.2) is 0 Å². The quantitative estimate of drug-likeness (QED) is 0.497. The van der Waals surface area contributed by atoms with Crippen molar-refractivity contribution in [3.63, 3.8) is 0 Å². The molecule has 10 heavy (non-hydrogen) atoms. The van der Waals surface area contributed by atoms with Crippen LogP contribution >= 0.6 is 11.6 Å². The first-order chi connectivity index (χ1) is 4.74. The van der Waals surface area contributed by atoms with E-state index in [1.54, 1.807) is 19.2 Å². The van der Waals surface area contributed by atoms with Crippen molar-refractivity contribution in [2.75, 3.05) is 12.8 Å². The molecule has 1 aromatic rings. The van der Waals surface area contributed by atoms with Crippen LogP contribution in [0.15, 0.2) is 12.1 Å². The van der Waals surface area contributed by atoms with Gasteiger partial charge in [0.05, 0.1) is 7.11 Å². The van der Waals surface area contributed by atoms with Crippen LogP contribution in [0, 0.1) is 6.07 Å². The van der Waals surface area contributed by atoms with E-state index >= 15 is 0 Å². The van der Waals surface area contributed by atoms with E-state index in [1.165, 1.54) is 0 Å². The van der Waals surface area contributed by atoms with Gasteiger partial charge in [-0.2, -0.15) is 17.7 Å². The van der Waals surface area contributed by atoms with Crippen LogP contribution in [0.1, 0.15) is 0 Å². The summed E-state index contributed by atoms with van der Waals surface area (Å²) in [6, 6.07) is 6.00. The van der Waals surface area contributed by atoms with Gasteiger partial charge in [-0.05, 0) is 5.02 Å². The van der Waals surface area contributed by atoms with E-state index < -0.39 is 0 Å². The minimum absolute atomic E-state index is 0.501. The monoisotopic (exact) mass is 156 g/mol. The summed E-state index contributed by atoms with van der Waals surface area (Å²) in [4.78, 5) is 0. The highest BCUT2D eigenvalue weighted by molar-refractivity contribution is 6.33. The Kier molecular flexibility index (Phi) is 2.02. The average molecular weight is 157 g/mol. The molecule has 0 saturated carbocycles. The van der Waals surface area contributed by atoms with E-state index in [4.69, 9.17) is 22.1 Å². The lowest BCUT2D eigenvalue weighted by Gasteiger charge is -2.09. The molecule has 0 aliphatic heterocycles. The van der Waals surface area contributed by atoms with Crippen molar-refractivity contribution in [2.24, 2.45) is 0 Å². The Morgan fingerprint density at radius 2 is 2.40 bits per heavy atom. The average Bonchev–Trinajstić information content (AvgIpc) is 1.95. The van der Waals surface area contributed by atoms with Crippen LogP contribution in [-0.4, -0.2) is 7.11 Å². The second kappa shape index (κ2) is 2.80. The van der Waals surface area contributed by atoms with Crippen LogP contribution in [0.5, 0.6) is 5.75 Å². The first kappa shape index (κ1) is 7.22. The number of hydrogen-bond acceptors (Lipinski definition) is 2. The largest absolute Gasteiger partial charge is 0.523 e. The number of anilines is 1. The van der Waals surface area contributed by atoms with Crippen molar-refractivity contribution in [3.8, 4) is 5.75 Å². The molecule has 0 atom stereocenters. The summed E-state index contributed by atoms with van der Waals surface area (Å²) >= 11 is 5.63. The smallest absolute Gasteiger partial charge is 0.0743 e. The van der Waals surface area contributed by atoms with Gasteiger partial charge in [0.25, 0.3) is 0 Å². The van der Waals surface area contributed by atoms with Crippen molar-refractivity contribution in [3.05, 3.63) is 23.2 Å². The third kappa shape index (κ3) is 1.33. The zero-order chi connectivity index (χ0) is 7.56. The molecule has 1 aromatic carbocycles. The number of hydrogen-bond donors (Lipinski definition) is 1. The minimum atomic E-state index is 0.501. The summed E-state index contributed by atoms with van der Waals surface area (Å²) in [6.07, 6.45) is 0. The van der Waals surface area contributed by atoms with Crippen LogP contribution in [0.3, 0.4) is 0 Å². The predicted octanol–water partition coefficient (Wildman–Crippen LogP) is 1.73. The predicted molar refractivity (Wildman–Crippen MR) is 41.3 cm³/mol. The fraction of sp³-hybridized carbons (Fsp3) is 0.143. The van der Waals surface area contributed by atoms with Crippen LogP contribution in [-0.2, 0) is 0 Å². The van der Waals surface area contributed by atoms with Gasteiger partial charge in [-0.15, -0.1) is 12.1 Å². The van der Waals surface area contributed by atoms with E-state index in [0.717, 1.165) is 0 Å². The number of ether oxygens (including phenoxy) is 1. The Bertz CT molecular complexity index is 237. The number of halogens is 1. The fourth-order valence-electron chi connectivity index (χ4n) is 0.588. The lowest BCUT2D eigenvalue weighted by Crippen LogP contribution is -1.88. The summed E-state index contributed by atoms with van der Waals surface area (Å²) in [7, 11) is 1.55. The molecule has 1 rings (SSSR count). The second-order valence-corrected chi connectivity index (χ2v) is 2.21. The molecule has 0 spiro atoms. The van der Waals surface area contributed by atoms with Crippen LogP contribution in [0.4, 0.5) is 5.69 Å². The molecule has 54 valence electrons. The van der Waals surface area contributed by atoms with Gasteiger partial charge < -0.3 is 10.5 Å². The molecule has 0 radical (unpaired) electrons. The number of methoxy groups -OCH3 is 1. The fourth-order valence-corrected chi connectivity index (χ4v) is 0.697. The summed E-state index contributed by atoms with van der Waals surface area (Å²) in [6.45, 7) is 0. The van der Waals surface area contributed by atoms with E-state index in [2.05, 4.69) is 6.07 Å². The molecular formula is C7H7ClNO-. The summed E-state index contributed by atoms with van der Waals surface area (Å²) in [5, 5.41) is 0.501. The Hall–Kier alpha value is -0.890. The molecule has 0 aromatic heterocycles. The number of benzene rings is 1. The molecule has 0 aliphatic rings. The van der Waals surface area contributed by atoms with Crippen LogP contribution < -0.4 is 10.5 Å². The molecule has 3 heteroatoms. The van der Waals surface area contributed by atoms with Crippen molar-refractivity contribution in [1.29, 1.82) is 0 Å². The van der Waals surface area contributed by atoms with Gasteiger partial charge in [0, 0.05) is 5.75 Å². The van der Waals surface area contributed by atoms with E-state index in [-0.39, 0.29) is 0 Å². The maximum atomic E-state index is 5.63. The van der Waals surface area contributed by atoms with Gasteiger partial charge in [-0.3, -0.25) is 0 Å². The molecule has 2 nitrogen and oxygen atoms in total. The van der Waals surface area contributed by atoms with Crippen molar-refractivity contribution < 1.29 is 4.74 Å². The first-order valence-electron chi connectivity index (χ1n) is 2.74. The van der Waals surface area contributed by atoms with Crippen LogP contribution in [0.2, 0.25) is 5.02 Å². The number of rotatable bonds is 1. The van der Waals surface area contributed by atoms with E-state index in [1.807, 2.05) is 0 Å². The second-order valence-electron chi connectivity index (χ2n) is 1.80. The molecule has 0 heterocycles. The highest BCUT2D eigenvalue weighted by Crippen LogP contribution is 2.22. The van der Waals surface area contributed by atoms with E-state index in [9.17, 15) is 0 Å². The maximum Gasteiger partial charge on any atom is 0.0743 e. The number of nitrogens with two attached hydrogens (primary N) is 1. The lowest BCUT2D eigenvalue weighted by atomic mass is 10.3. The van der Waals surface area contributed by atoms with Crippen LogP contribution in [0.25, 0.3) is 0 Å². The third-order valence-electron chi connectivity index (χ3n) is 1.12. The van der Waals surface area contributed by atoms with Gasteiger partial charge in [0.15, 0.2) is 0 Å². The van der Waals surface area contributed by atoms with E-state index in [0.29, 0.717) is 16.5 Å². The number of nitrogen functional groups attached to an aromatic ring is 1. The van der Waals surface area contributed by atoms with Gasteiger partial charge in [-0.1, -0.05) is 5.69 Å². The molecule has 0 fully saturated rings. The highest BCUT2D eigenvalue weighted by atomic mass is 35.5. The summed E-state index contributed by atoms with van der Waals surface area (Å²) in [5.74, 6) is 0.599. The van der Waals surface area contributed by atoms with Gasteiger partial charge >= 0.3 is 0 Å². The Morgan fingerprint density at radius 3 is 2.90 bits per heavy atom. The molecule has 0 amide bonds. The molecule has 0 aliphatic carbocycles. The standard InChI is InChI=1S/C7H7ClNO/c1-10-5-2-3-6(8)7(9)4-5/h3-4H,9H2,1H3/q-1. The van der Waals surface area contributed by atoms with Crippen molar-refractivity contribution in [1.82, 2.24) is 0 Å². The Balaban J connectivity index is 3.04. The molecular weight excluding hydrogens is 150 g/mol. The topological polar surface area (TPSA) is 35.2 Å². The third-order valence-corrected chi connectivity index (χ3v) is 1.45. The molecule has 0 unspecified atom stereocenters. The first-order valence-corrected chi connectivity index (χ1v) is 3.12. The maximum absolute atomic E-state index is 5.63. The molecule has 0 saturated heterocycles. The minimum Gasteiger partial charge on any atom is -0.523 e.